The topological polar surface area (TPSA) is 50.4 Å². The van der Waals surface area contributed by atoms with Gasteiger partial charge in [-0.15, -0.1) is 0 Å². The Bertz CT molecular complexity index is 224. The third-order valence-corrected chi connectivity index (χ3v) is 2.52. The van der Waals surface area contributed by atoms with Crippen molar-refractivity contribution in [3.05, 3.63) is 0 Å². The Labute approximate surface area is 105 Å². The van der Waals surface area contributed by atoms with E-state index in [1.54, 1.807) is 0 Å². The van der Waals surface area contributed by atoms with Gasteiger partial charge in [0.05, 0.1) is 0 Å². The number of carbonyl (C=O) groups is 1. The first kappa shape index (κ1) is 16.2. The fraction of sp³-hybridized carbons (Fsp3) is 0.923. The molecule has 2 N–H and O–H groups in total. The summed E-state index contributed by atoms with van der Waals surface area (Å²) in [5.74, 6) is 0. The predicted octanol–water partition coefficient (Wildman–Crippen LogP) is 2.68. The minimum atomic E-state index is -0.435. The van der Waals surface area contributed by atoms with Gasteiger partial charge in [0.15, 0.2) is 0 Å². The van der Waals surface area contributed by atoms with Crippen molar-refractivity contribution in [2.24, 2.45) is 0 Å². The molecule has 0 rings (SSSR count). The van der Waals surface area contributed by atoms with Crippen LogP contribution in [-0.2, 0) is 4.74 Å². The number of nitrogens with one attached hydrogen (secondary N) is 2. The Morgan fingerprint density at radius 2 is 1.82 bits per heavy atom. The van der Waals surface area contributed by atoms with Crippen molar-refractivity contribution in [2.45, 2.75) is 72.1 Å². The van der Waals surface area contributed by atoms with Crippen LogP contribution in [-0.4, -0.2) is 30.3 Å². The minimum absolute atomic E-state index is 0.303. The fourth-order valence-electron chi connectivity index (χ4n) is 1.36. The third-order valence-electron chi connectivity index (χ3n) is 2.52. The molecule has 0 aliphatic rings. The molecular formula is C13H28N2O2. The van der Waals surface area contributed by atoms with Crippen LogP contribution >= 0.6 is 0 Å². The van der Waals surface area contributed by atoms with E-state index >= 15 is 0 Å². The molecule has 0 aromatic carbocycles. The van der Waals surface area contributed by atoms with Crippen molar-refractivity contribution in [3.63, 3.8) is 0 Å². The van der Waals surface area contributed by atoms with Crippen LogP contribution in [0.25, 0.3) is 0 Å². The number of rotatable bonds is 6. The molecule has 0 spiro atoms. The molecule has 0 saturated heterocycles. The average Bonchev–Trinajstić information content (AvgIpc) is 2.21. The molecule has 0 aliphatic heterocycles. The zero-order valence-electron chi connectivity index (χ0n) is 12.1. The second kappa shape index (κ2) is 7.54. The largest absolute Gasteiger partial charge is 0.444 e. The summed E-state index contributed by atoms with van der Waals surface area (Å²) in [5.41, 5.74) is -0.435. The second-order valence-electron chi connectivity index (χ2n) is 5.46. The summed E-state index contributed by atoms with van der Waals surface area (Å²) in [5, 5.41) is 6.26. The first-order chi connectivity index (χ1) is 7.78. The molecule has 0 aliphatic carbocycles. The lowest BCUT2D eigenvalue weighted by molar-refractivity contribution is 0.0521. The normalized spacial score (nSPS) is 15.2. The number of hydrogen-bond donors (Lipinski definition) is 2. The van der Waals surface area contributed by atoms with Crippen molar-refractivity contribution in [2.75, 3.05) is 6.54 Å². The Balaban J connectivity index is 3.94. The van der Waals surface area contributed by atoms with E-state index in [0.717, 1.165) is 12.8 Å². The third kappa shape index (κ3) is 8.98. The maximum absolute atomic E-state index is 11.5. The first-order valence-electron chi connectivity index (χ1n) is 6.51. The van der Waals surface area contributed by atoms with Crippen LogP contribution < -0.4 is 10.6 Å². The van der Waals surface area contributed by atoms with Gasteiger partial charge in [0.25, 0.3) is 0 Å². The number of carbonyl (C=O) groups excluding carboxylic acids is 1. The number of amides is 1. The van der Waals surface area contributed by atoms with Gasteiger partial charge in [-0.2, -0.15) is 0 Å². The molecule has 0 fully saturated rings. The highest BCUT2D eigenvalue weighted by atomic mass is 16.6. The lowest BCUT2D eigenvalue weighted by Gasteiger charge is -2.24. The van der Waals surface area contributed by atoms with Crippen LogP contribution in [0.15, 0.2) is 0 Å². The highest BCUT2D eigenvalue weighted by molar-refractivity contribution is 5.67. The van der Waals surface area contributed by atoms with Gasteiger partial charge in [0, 0.05) is 18.6 Å². The van der Waals surface area contributed by atoms with E-state index in [9.17, 15) is 4.79 Å². The van der Waals surface area contributed by atoms with E-state index in [0.29, 0.717) is 18.6 Å². The zero-order valence-corrected chi connectivity index (χ0v) is 12.1. The van der Waals surface area contributed by atoms with Gasteiger partial charge in [-0.1, -0.05) is 13.8 Å². The molecule has 0 aromatic heterocycles. The Morgan fingerprint density at radius 1 is 1.24 bits per heavy atom. The smallest absolute Gasteiger partial charge is 0.407 e. The molecule has 0 bridgehead atoms. The van der Waals surface area contributed by atoms with Gasteiger partial charge in [-0.05, 0) is 40.5 Å². The second-order valence-corrected chi connectivity index (χ2v) is 5.46. The summed E-state index contributed by atoms with van der Waals surface area (Å²) in [6, 6.07) is 0.776. The van der Waals surface area contributed by atoms with Crippen LogP contribution in [0.2, 0.25) is 0 Å². The molecule has 1 amide bonds. The van der Waals surface area contributed by atoms with Gasteiger partial charge in [-0.25, -0.2) is 4.79 Å². The minimum Gasteiger partial charge on any atom is -0.444 e. The summed E-state index contributed by atoms with van der Waals surface area (Å²) in [6.07, 6.45) is 1.73. The quantitative estimate of drug-likeness (QED) is 0.755. The summed E-state index contributed by atoms with van der Waals surface area (Å²) in [7, 11) is 0. The standard InChI is InChI=1S/C13H28N2O2/c1-7-10(3)15-11(8-2)9-14-12(16)17-13(4,5)6/h10-11,15H,7-9H2,1-6H3,(H,14,16). The molecule has 4 heteroatoms. The monoisotopic (exact) mass is 244 g/mol. The van der Waals surface area contributed by atoms with Gasteiger partial charge >= 0.3 is 6.09 Å². The van der Waals surface area contributed by atoms with E-state index in [4.69, 9.17) is 4.74 Å². The van der Waals surface area contributed by atoms with Gasteiger partial charge in [0.2, 0.25) is 0 Å². The Hall–Kier alpha value is -0.770. The Morgan fingerprint density at radius 3 is 2.24 bits per heavy atom. The molecule has 0 heterocycles. The van der Waals surface area contributed by atoms with Crippen LogP contribution in [0, 0.1) is 0 Å². The van der Waals surface area contributed by atoms with Gasteiger partial charge < -0.3 is 15.4 Å². The van der Waals surface area contributed by atoms with Crippen molar-refractivity contribution in [1.82, 2.24) is 10.6 Å². The first-order valence-corrected chi connectivity index (χ1v) is 6.51. The molecule has 0 radical (unpaired) electrons. The molecule has 2 atom stereocenters. The maximum Gasteiger partial charge on any atom is 0.407 e. The summed E-state index contributed by atoms with van der Waals surface area (Å²) in [6.45, 7) is 12.6. The SMILES string of the molecule is CCC(C)NC(CC)CNC(=O)OC(C)(C)C. The van der Waals surface area contributed by atoms with Crippen molar-refractivity contribution >= 4 is 6.09 Å². The highest BCUT2D eigenvalue weighted by Crippen LogP contribution is 2.06. The summed E-state index contributed by atoms with van der Waals surface area (Å²) >= 11 is 0. The van der Waals surface area contributed by atoms with Crippen LogP contribution in [0.5, 0.6) is 0 Å². The van der Waals surface area contributed by atoms with Crippen LogP contribution in [0.1, 0.15) is 54.4 Å². The maximum atomic E-state index is 11.5. The van der Waals surface area contributed by atoms with Crippen molar-refractivity contribution in [3.8, 4) is 0 Å². The number of hydrogen-bond acceptors (Lipinski definition) is 3. The fourth-order valence-corrected chi connectivity index (χ4v) is 1.36. The highest BCUT2D eigenvalue weighted by Gasteiger charge is 2.17. The number of alkyl carbamates (subject to hydrolysis) is 1. The lowest BCUT2D eigenvalue weighted by Crippen LogP contribution is -2.45. The molecule has 102 valence electrons. The molecule has 0 aromatic rings. The summed E-state index contributed by atoms with van der Waals surface area (Å²) in [4.78, 5) is 11.5. The van der Waals surface area contributed by atoms with E-state index in [1.165, 1.54) is 0 Å². The molecule has 17 heavy (non-hydrogen) atoms. The van der Waals surface area contributed by atoms with E-state index in [2.05, 4.69) is 31.4 Å². The van der Waals surface area contributed by atoms with Gasteiger partial charge in [-0.3, -0.25) is 0 Å². The lowest BCUT2D eigenvalue weighted by atomic mass is 10.1. The van der Waals surface area contributed by atoms with Crippen LogP contribution in [0.4, 0.5) is 4.79 Å². The molecular weight excluding hydrogens is 216 g/mol. The van der Waals surface area contributed by atoms with Gasteiger partial charge in [0.1, 0.15) is 5.60 Å². The zero-order chi connectivity index (χ0) is 13.5. The predicted molar refractivity (Wildman–Crippen MR) is 71.2 cm³/mol. The molecule has 4 nitrogen and oxygen atoms in total. The van der Waals surface area contributed by atoms with E-state index in [1.807, 2.05) is 20.8 Å². The van der Waals surface area contributed by atoms with E-state index in [-0.39, 0.29) is 6.09 Å². The van der Waals surface area contributed by atoms with Crippen LogP contribution in [0.3, 0.4) is 0 Å². The Kier molecular flexibility index (Phi) is 7.19. The van der Waals surface area contributed by atoms with Crippen molar-refractivity contribution in [1.29, 1.82) is 0 Å². The summed E-state index contributed by atoms with van der Waals surface area (Å²) < 4.78 is 5.19. The van der Waals surface area contributed by atoms with E-state index < -0.39 is 5.60 Å². The molecule has 0 saturated carbocycles. The average molecular weight is 244 g/mol. The number of ether oxygens (including phenoxy) is 1. The molecule has 2 unspecified atom stereocenters. The van der Waals surface area contributed by atoms with Crippen molar-refractivity contribution < 1.29 is 9.53 Å².